The topological polar surface area (TPSA) is 89.6 Å². The van der Waals surface area contributed by atoms with Crippen LogP contribution in [0, 0.1) is 0 Å². The first-order valence-electron chi connectivity index (χ1n) is 12.0. The highest BCUT2D eigenvalue weighted by atomic mass is 32.1. The van der Waals surface area contributed by atoms with Crippen LogP contribution < -0.4 is 26.9 Å². The van der Waals surface area contributed by atoms with Gasteiger partial charge in [-0.05, 0) is 83.7 Å². The number of carbonyl (C=O) groups is 1. The fraction of sp³-hybridized carbons (Fsp3) is 0.739. The number of hydrazone groups is 1. The fourth-order valence-electron chi connectivity index (χ4n) is 4.29. The van der Waals surface area contributed by atoms with Crippen molar-refractivity contribution >= 4 is 46.2 Å². The molecule has 0 aromatic rings. The third kappa shape index (κ3) is 10.3. The lowest BCUT2D eigenvalue weighted by Gasteiger charge is -2.25. The van der Waals surface area contributed by atoms with Crippen molar-refractivity contribution < 1.29 is 4.79 Å². The van der Waals surface area contributed by atoms with Crippen LogP contribution in [0.15, 0.2) is 16.4 Å². The monoisotopic (exact) mass is 480 g/mol. The lowest BCUT2D eigenvalue weighted by Crippen LogP contribution is -2.47. The summed E-state index contributed by atoms with van der Waals surface area (Å²) >= 11 is 10.8. The molecule has 0 spiro atoms. The SMILES string of the molecule is CC(=O)/C(CC/C(C)=N\NC(=S)NC1CCCCC1)=C(\C)NNC(=S)NC1CCCCC1. The van der Waals surface area contributed by atoms with E-state index in [1.807, 2.05) is 13.8 Å². The molecule has 2 rings (SSSR count). The van der Waals surface area contributed by atoms with Crippen LogP contribution in [0.4, 0.5) is 0 Å². The highest BCUT2D eigenvalue weighted by Crippen LogP contribution is 2.18. The highest BCUT2D eigenvalue weighted by Gasteiger charge is 2.15. The van der Waals surface area contributed by atoms with Crippen LogP contribution in [0.3, 0.4) is 0 Å². The molecule has 0 unspecified atom stereocenters. The molecular formula is C23H40N6OS2. The Morgan fingerprint density at radius 3 is 1.84 bits per heavy atom. The van der Waals surface area contributed by atoms with Gasteiger partial charge in [0.05, 0.1) is 0 Å². The maximum Gasteiger partial charge on any atom is 0.187 e. The maximum absolute atomic E-state index is 12.2. The molecule has 0 aromatic carbocycles. The summed E-state index contributed by atoms with van der Waals surface area (Å²) < 4.78 is 0. The van der Waals surface area contributed by atoms with Gasteiger partial charge in [-0.15, -0.1) is 0 Å². The zero-order chi connectivity index (χ0) is 23.3. The van der Waals surface area contributed by atoms with Gasteiger partial charge in [-0.2, -0.15) is 5.10 Å². The molecular weight excluding hydrogens is 440 g/mol. The summed E-state index contributed by atoms with van der Waals surface area (Å²) in [5, 5.41) is 12.2. The van der Waals surface area contributed by atoms with E-state index in [0.717, 1.165) is 42.7 Å². The minimum Gasteiger partial charge on any atom is -0.359 e. The Labute approximate surface area is 204 Å². The number of Topliss-reactive ketones (excluding diaryl/α,β-unsaturated/α-hetero) is 1. The normalized spacial score (nSPS) is 18.9. The third-order valence-electron chi connectivity index (χ3n) is 6.21. The molecule has 5 N–H and O–H groups in total. The van der Waals surface area contributed by atoms with E-state index in [-0.39, 0.29) is 5.78 Å². The molecule has 2 aliphatic carbocycles. The van der Waals surface area contributed by atoms with Crippen LogP contribution in [0.5, 0.6) is 0 Å². The van der Waals surface area contributed by atoms with E-state index >= 15 is 0 Å². The Bertz CT molecular complexity index is 709. The standard InChI is InChI=1S/C23H40N6OS2/c1-16(26-28-22(31)24-19-10-6-4-7-11-19)14-15-21(18(3)30)17(2)27-29-23(32)25-20-12-8-5-9-13-20/h19-20,27H,4-15H2,1-3H3,(H2,24,28,31)(H2,25,29,32)/b21-17+,26-16-. The molecule has 0 amide bonds. The van der Waals surface area contributed by atoms with Crippen molar-refractivity contribution in [1.29, 1.82) is 0 Å². The van der Waals surface area contributed by atoms with Gasteiger partial charge in [-0.1, -0.05) is 38.5 Å². The number of thiocarbonyl (C=S) groups is 2. The van der Waals surface area contributed by atoms with E-state index in [2.05, 4.69) is 32.0 Å². The number of allylic oxidation sites excluding steroid dienone is 2. The van der Waals surface area contributed by atoms with E-state index in [1.165, 1.54) is 38.5 Å². The van der Waals surface area contributed by atoms with Crippen molar-refractivity contribution in [3.63, 3.8) is 0 Å². The van der Waals surface area contributed by atoms with Crippen LogP contribution in [-0.2, 0) is 4.79 Å². The van der Waals surface area contributed by atoms with Gasteiger partial charge >= 0.3 is 0 Å². The van der Waals surface area contributed by atoms with Gasteiger partial charge in [-0.3, -0.25) is 15.6 Å². The number of nitrogens with zero attached hydrogens (tertiary/aromatic N) is 1. The quantitative estimate of drug-likeness (QED) is 0.146. The summed E-state index contributed by atoms with van der Waals surface area (Å²) in [6.45, 7) is 5.42. The predicted molar refractivity (Wildman–Crippen MR) is 140 cm³/mol. The Hall–Kier alpha value is -1.74. The number of rotatable bonds is 9. The molecule has 0 aliphatic heterocycles. The lowest BCUT2D eigenvalue weighted by molar-refractivity contribution is -0.113. The summed E-state index contributed by atoms with van der Waals surface area (Å²) in [7, 11) is 0. The Morgan fingerprint density at radius 2 is 1.31 bits per heavy atom. The van der Waals surface area contributed by atoms with E-state index in [9.17, 15) is 4.79 Å². The number of hydrogen-bond donors (Lipinski definition) is 5. The zero-order valence-electron chi connectivity index (χ0n) is 19.8. The zero-order valence-corrected chi connectivity index (χ0v) is 21.4. The van der Waals surface area contributed by atoms with Gasteiger partial charge in [0.1, 0.15) is 0 Å². The van der Waals surface area contributed by atoms with Gasteiger partial charge < -0.3 is 16.1 Å². The van der Waals surface area contributed by atoms with Crippen molar-refractivity contribution in [2.75, 3.05) is 0 Å². The number of hydrogen-bond acceptors (Lipinski definition) is 5. The van der Waals surface area contributed by atoms with E-state index < -0.39 is 0 Å². The van der Waals surface area contributed by atoms with Crippen molar-refractivity contribution in [3.05, 3.63) is 11.3 Å². The second-order valence-electron chi connectivity index (χ2n) is 8.99. The first-order chi connectivity index (χ1) is 15.3. The van der Waals surface area contributed by atoms with Gasteiger partial charge in [0.2, 0.25) is 0 Å². The second-order valence-corrected chi connectivity index (χ2v) is 9.80. The minimum atomic E-state index is 0.0400. The van der Waals surface area contributed by atoms with Crippen molar-refractivity contribution in [2.45, 2.75) is 110 Å². The third-order valence-corrected chi connectivity index (χ3v) is 6.64. The number of ketones is 1. The summed E-state index contributed by atoms with van der Waals surface area (Å²) in [6, 6.07) is 0.888. The average molecular weight is 481 g/mol. The van der Waals surface area contributed by atoms with E-state index in [1.54, 1.807) is 6.92 Å². The minimum absolute atomic E-state index is 0.0400. The fourth-order valence-corrected chi connectivity index (χ4v) is 4.72. The smallest absolute Gasteiger partial charge is 0.187 e. The second kappa shape index (κ2) is 14.4. The van der Waals surface area contributed by atoms with Crippen LogP contribution in [0.25, 0.3) is 0 Å². The van der Waals surface area contributed by atoms with E-state index in [0.29, 0.717) is 35.2 Å². The molecule has 0 heterocycles. The highest BCUT2D eigenvalue weighted by molar-refractivity contribution is 7.80. The van der Waals surface area contributed by atoms with E-state index in [4.69, 9.17) is 24.4 Å². The first-order valence-corrected chi connectivity index (χ1v) is 12.8. The summed E-state index contributed by atoms with van der Waals surface area (Å²) in [4.78, 5) is 12.2. The predicted octanol–water partition coefficient (Wildman–Crippen LogP) is 4.10. The molecule has 2 fully saturated rings. The van der Waals surface area contributed by atoms with Crippen LogP contribution in [0.1, 0.15) is 97.8 Å². The molecule has 0 bridgehead atoms. The molecule has 32 heavy (non-hydrogen) atoms. The lowest BCUT2D eigenvalue weighted by atomic mass is 9.96. The summed E-state index contributed by atoms with van der Waals surface area (Å²) in [6.07, 6.45) is 13.5. The molecule has 0 aromatic heterocycles. The average Bonchev–Trinajstić information content (AvgIpc) is 2.77. The van der Waals surface area contributed by atoms with Crippen molar-refractivity contribution in [2.24, 2.45) is 5.10 Å². The largest absolute Gasteiger partial charge is 0.359 e. The van der Waals surface area contributed by atoms with Crippen LogP contribution >= 0.6 is 24.4 Å². The van der Waals surface area contributed by atoms with Gasteiger partial charge in [-0.25, -0.2) is 0 Å². The molecule has 180 valence electrons. The molecule has 0 radical (unpaired) electrons. The summed E-state index contributed by atoms with van der Waals surface area (Å²) in [5.74, 6) is 0.0400. The molecule has 9 heteroatoms. The molecule has 0 atom stereocenters. The van der Waals surface area contributed by atoms with Crippen LogP contribution in [-0.4, -0.2) is 33.8 Å². The molecule has 2 aliphatic rings. The Kier molecular flexibility index (Phi) is 11.9. The number of nitrogens with one attached hydrogen (secondary N) is 5. The Morgan fingerprint density at radius 1 is 0.781 bits per heavy atom. The van der Waals surface area contributed by atoms with Crippen LogP contribution in [0.2, 0.25) is 0 Å². The maximum atomic E-state index is 12.2. The molecule has 2 saturated carbocycles. The summed E-state index contributed by atoms with van der Waals surface area (Å²) in [5.41, 5.74) is 11.5. The Balaban J connectivity index is 1.76. The van der Waals surface area contributed by atoms with Crippen molar-refractivity contribution in [3.8, 4) is 0 Å². The number of carbonyl (C=O) groups excluding carboxylic acids is 1. The van der Waals surface area contributed by atoms with Crippen molar-refractivity contribution in [1.82, 2.24) is 26.9 Å². The number of hydrazine groups is 1. The van der Waals surface area contributed by atoms with Gasteiger partial charge in [0.15, 0.2) is 16.0 Å². The first kappa shape index (κ1) is 26.5. The van der Waals surface area contributed by atoms with Gasteiger partial charge in [0.25, 0.3) is 0 Å². The molecule has 0 saturated heterocycles. The molecule has 7 nitrogen and oxygen atoms in total. The van der Waals surface area contributed by atoms with Gasteiger partial charge in [0, 0.05) is 29.1 Å².